The van der Waals surface area contributed by atoms with Gasteiger partial charge in [0.15, 0.2) is 17.3 Å². The Hall–Kier alpha value is -3.61. The molecule has 174 valence electrons. The van der Waals surface area contributed by atoms with Crippen LogP contribution in [0.1, 0.15) is 50.2 Å². The number of carbonyl (C=O) groups is 2. The molecule has 0 aliphatic heterocycles. The van der Waals surface area contributed by atoms with Gasteiger partial charge in [-0.1, -0.05) is 18.2 Å². The summed E-state index contributed by atoms with van der Waals surface area (Å²) in [5, 5.41) is 2.97. The Kier molecular flexibility index (Phi) is 7.53. The van der Waals surface area contributed by atoms with Crippen molar-refractivity contribution >= 4 is 11.7 Å². The molecule has 0 spiro atoms. The SMILES string of the molecule is COc1ccc(CCNC(=O)c2c(C)c(C(C)=O)c(C)n2Cc2ccc(F)cc2)cc1OC. The van der Waals surface area contributed by atoms with Crippen LogP contribution in [0.4, 0.5) is 4.39 Å². The molecule has 1 amide bonds. The maximum atomic E-state index is 13.3. The number of nitrogens with one attached hydrogen (secondary N) is 1. The highest BCUT2D eigenvalue weighted by Crippen LogP contribution is 2.28. The molecule has 33 heavy (non-hydrogen) atoms. The quantitative estimate of drug-likeness (QED) is 0.486. The minimum Gasteiger partial charge on any atom is -0.493 e. The van der Waals surface area contributed by atoms with E-state index in [1.807, 2.05) is 29.7 Å². The van der Waals surface area contributed by atoms with Crippen LogP contribution < -0.4 is 14.8 Å². The Labute approximate surface area is 193 Å². The number of carbonyl (C=O) groups excluding carboxylic acids is 2. The highest BCUT2D eigenvalue weighted by molar-refractivity contribution is 6.03. The second kappa shape index (κ2) is 10.3. The predicted molar refractivity (Wildman–Crippen MR) is 125 cm³/mol. The number of rotatable bonds is 9. The number of ether oxygens (including phenoxy) is 2. The van der Waals surface area contributed by atoms with Crippen molar-refractivity contribution in [1.29, 1.82) is 0 Å². The molecule has 1 heterocycles. The van der Waals surface area contributed by atoms with Gasteiger partial charge in [0.25, 0.3) is 5.91 Å². The van der Waals surface area contributed by atoms with Crippen LogP contribution in [0.5, 0.6) is 11.5 Å². The number of aromatic nitrogens is 1. The van der Waals surface area contributed by atoms with E-state index in [1.165, 1.54) is 19.1 Å². The minimum absolute atomic E-state index is 0.0952. The summed E-state index contributed by atoms with van der Waals surface area (Å²) in [6.07, 6.45) is 0.600. The Morgan fingerprint density at radius 1 is 0.970 bits per heavy atom. The molecule has 7 heteroatoms. The van der Waals surface area contributed by atoms with Crippen molar-refractivity contribution in [2.75, 3.05) is 20.8 Å². The van der Waals surface area contributed by atoms with Crippen LogP contribution in [0.25, 0.3) is 0 Å². The van der Waals surface area contributed by atoms with Gasteiger partial charge >= 0.3 is 0 Å². The number of halogens is 1. The third kappa shape index (κ3) is 5.25. The molecule has 0 aliphatic rings. The van der Waals surface area contributed by atoms with Crippen LogP contribution in [0.3, 0.4) is 0 Å². The highest BCUT2D eigenvalue weighted by atomic mass is 19.1. The van der Waals surface area contributed by atoms with Crippen LogP contribution in [-0.2, 0) is 13.0 Å². The van der Waals surface area contributed by atoms with E-state index >= 15 is 0 Å². The second-order valence-corrected chi connectivity index (χ2v) is 7.90. The van der Waals surface area contributed by atoms with E-state index in [9.17, 15) is 14.0 Å². The van der Waals surface area contributed by atoms with Crippen molar-refractivity contribution in [2.24, 2.45) is 0 Å². The van der Waals surface area contributed by atoms with E-state index in [0.29, 0.717) is 47.8 Å². The van der Waals surface area contributed by atoms with Gasteiger partial charge in [-0.05, 0) is 68.1 Å². The predicted octanol–water partition coefficient (Wildman–Crippen LogP) is 4.48. The first-order chi connectivity index (χ1) is 15.8. The van der Waals surface area contributed by atoms with Gasteiger partial charge in [0, 0.05) is 24.3 Å². The first kappa shape index (κ1) is 24.0. The number of ketones is 1. The number of hydrogen-bond donors (Lipinski definition) is 1. The lowest BCUT2D eigenvalue weighted by atomic mass is 10.1. The number of Topliss-reactive ketones (excluding diaryl/α,β-unsaturated/α-hetero) is 1. The fourth-order valence-corrected chi connectivity index (χ4v) is 4.12. The van der Waals surface area contributed by atoms with Gasteiger partial charge in [0.1, 0.15) is 11.5 Å². The van der Waals surface area contributed by atoms with Crippen molar-refractivity contribution in [3.05, 3.63) is 81.9 Å². The maximum Gasteiger partial charge on any atom is 0.268 e. The minimum atomic E-state index is -0.322. The van der Waals surface area contributed by atoms with Gasteiger partial charge in [0.2, 0.25) is 0 Å². The van der Waals surface area contributed by atoms with Crippen LogP contribution in [-0.4, -0.2) is 37.0 Å². The summed E-state index contributed by atoms with van der Waals surface area (Å²) in [5.41, 5.74) is 4.17. The van der Waals surface area contributed by atoms with E-state index in [0.717, 1.165) is 16.8 Å². The van der Waals surface area contributed by atoms with Crippen LogP contribution in [0.2, 0.25) is 0 Å². The van der Waals surface area contributed by atoms with Gasteiger partial charge in [-0.15, -0.1) is 0 Å². The van der Waals surface area contributed by atoms with Crippen molar-refractivity contribution in [2.45, 2.75) is 33.7 Å². The first-order valence-corrected chi connectivity index (χ1v) is 10.7. The highest BCUT2D eigenvalue weighted by Gasteiger charge is 2.24. The molecule has 0 saturated heterocycles. The summed E-state index contributed by atoms with van der Waals surface area (Å²) in [6.45, 7) is 5.88. The maximum absolute atomic E-state index is 13.3. The zero-order valence-electron chi connectivity index (χ0n) is 19.6. The third-order valence-electron chi connectivity index (χ3n) is 5.74. The Bertz CT molecular complexity index is 1170. The van der Waals surface area contributed by atoms with E-state index in [4.69, 9.17) is 9.47 Å². The topological polar surface area (TPSA) is 69.6 Å². The summed E-state index contributed by atoms with van der Waals surface area (Å²) < 4.78 is 25.7. The molecule has 3 rings (SSSR count). The lowest BCUT2D eigenvalue weighted by Gasteiger charge is -2.13. The second-order valence-electron chi connectivity index (χ2n) is 7.90. The van der Waals surface area contributed by atoms with Crippen molar-refractivity contribution in [3.63, 3.8) is 0 Å². The van der Waals surface area contributed by atoms with E-state index in [1.54, 1.807) is 33.3 Å². The van der Waals surface area contributed by atoms with Crippen LogP contribution in [0, 0.1) is 19.7 Å². The average Bonchev–Trinajstić information content (AvgIpc) is 3.04. The zero-order valence-corrected chi connectivity index (χ0v) is 19.6. The van der Waals surface area contributed by atoms with E-state index < -0.39 is 0 Å². The molecule has 0 aliphatic carbocycles. The Morgan fingerprint density at radius 2 is 1.61 bits per heavy atom. The van der Waals surface area contributed by atoms with Gasteiger partial charge in [0.05, 0.1) is 14.2 Å². The van der Waals surface area contributed by atoms with E-state index in [-0.39, 0.29) is 17.5 Å². The zero-order chi connectivity index (χ0) is 24.1. The third-order valence-corrected chi connectivity index (χ3v) is 5.74. The monoisotopic (exact) mass is 452 g/mol. The van der Waals surface area contributed by atoms with Gasteiger partial charge in [-0.25, -0.2) is 4.39 Å². The number of nitrogens with zero attached hydrogens (tertiary/aromatic N) is 1. The lowest BCUT2D eigenvalue weighted by Crippen LogP contribution is -2.29. The van der Waals surface area contributed by atoms with Crippen LogP contribution in [0.15, 0.2) is 42.5 Å². The molecular formula is C26H29FN2O4. The smallest absolute Gasteiger partial charge is 0.268 e. The average molecular weight is 453 g/mol. The number of hydrogen-bond acceptors (Lipinski definition) is 4. The Morgan fingerprint density at radius 3 is 2.21 bits per heavy atom. The Balaban J connectivity index is 1.82. The number of methoxy groups -OCH3 is 2. The fourth-order valence-electron chi connectivity index (χ4n) is 4.12. The van der Waals surface area contributed by atoms with Crippen molar-refractivity contribution < 1.29 is 23.5 Å². The molecule has 1 aromatic heterocycles. The fraction of sp³-hybridized carbons (Fsp3) is 0.308. The molecule has 0 radical (unpaired) electrons. The summed E-state index contributed by atoms with van der Waals surface area (Å²) in [4.78, 5) is 25.5. The molecule has 0 saturated carbocycles. The largest absolute Gasteiger partial charge is 0.493 e. The summed E-state index contributed by atoms with van der Waals surface area (Å²) in [6, 6.07) is 11.8. The molecule has 1 N–H and O–H groups in total. The molecule has 2 aromatic carbocycles. The van der Waals surface area contributed by atoms with Crippen LogP contribution >= 0.6 is 0 Å². The molecule has 0 atom stereocenters. The number of amides is 1. The molecule has 3 aromatic rings. The molecule has 6 nitrogen and oxygen atoms in total. The summed E-state index contributed by atoms with van der Waals surface area (Å²) >= 11 is 0. The first-order valence-electron chi connectivity index (χ1n) is 10.7. The van der Waals surface area contributed by atoms with E-state index in [2.05, 4.69) is 5.32 Å². The standard InChI is InChI=1S/C26H29FN2O4/c1-16-24(18(3)30)17(2)29(15-20-6-9-21(27)10-7-20)25(16)26(31)28-13-12-19-8-11-22(32-4)23(14-19)33-5/h6-11,14H,12-13,15H2,1-5H3,(H,28,31). The van der Waals surface area contributed by atoms with Crippen molar-refractivity contribution in [3.8, 4) is 11.5 Å². The van der Waals surface area contributed by atoms with Gasteiger partial charge in [-0.3, -0.25) is 9.59 Å². The summed E-state index contributed by atoms with van der Waals surface area (Å²) in [5.74, 6) is 0.600. The van der Waals surface area contributed by atoms with Gasteiger partial charge in [-0.2, -0.15) is 0 Å². The summed E-state index contributed by atoms with van der Waals surface area (Å²) in [7, 11) is 3.16. The molecule has 0 fully saturated rings. The van der Waals surface area contributed by atoms with Gasteiger partial charge < -0.3 is 19.4 Å². The molecule has 0 unspecified atom stereocenters. The molecule has 0 bridgehead atoms. The molecular weight excluding hydrogens is 423 g/mol. The normalized spacial score (nSPS) is 10.7. The lowest BCUT2D eigenvalue weighted by molar-refractivity contribution is 0.0944. The van der Waals surface area contributed by atoms with Crippen molar-refractivity contribution in [1.82, 2.24) is 9.88 Å². The number of benzene rings is 2.